The Morgan fingerprint density at radius 3 is 2.60 bits per heavy atom. The van der Waals surface area contributed by atoms with E-state index in [9.17, 15) is 5.11 Å². The maximum atomic E-state index is 9.30. The fourth-order valence-electron chi connectivity index (χ4n) is 3.07. The van der Waals surface area contributed by atoms with Crippen molar-refractivity contribution in [1.29, 1.82) is 0 Å². The monoisotopic (exact) mass is 276 g/mol. The summed E-state index contributed by atoms with van der Waals surface area (Å²) in [5, 5.41) is 9.30. The van der Waals surface area contributed by atoms with Gasteiger partial charge in [-0.05, 0) is 17.9 Å². The minimum Gasteiger partial charge on any atom is -0.396 e. The number of aliphatic hydroxyl groups is 1. The summed E-state index contributed by atoms with van der Waals surface area (Å²) in [4.78, 5) is 5.08. The number of benzene rings is 1. The van der Waals surface area contributed by atoms with Crippen LogP contribution in [0.5, 0.6) is 0 Å². The first kappa shape index (κ1) is 15.5. The molecule has 3 nitrogen and oxygen atoms in total. The molecule has 20 heavy (non-hydrogen) atoms. The standard InChI is InChI=1S/C17H28N2O/c1-15(2)12-19-10-9-18(14-17(19)8-11-20)13-16-6-4-3-5-7-16/h3-7,15,17,20H,8-14H2,1-2H3/t17-/m1/s1. The van der Waals surface area contributed by atoms with Crippen molar-refractivity contribution in [2.75, 3.05) is 32.8 Å². The maximum Gasteiger partial charge on any atom is 0.0446 e. The smallest absolute Gasteiger partial charge is 0.0446 e. The van der Waals surface area contributed by atoms with E-state index in [0.29, 0.717) is 18.6 Å². The Hall–Kier alpha value is -0.900. The topological polar surface area (TPSA) is 26.7 Å². The largest absolute Gasteiger partial charge is 0.396 e. The van der Waals surface area contributed by atoms with E-state index >= 15 is 0 Å². The molecular weight excluding hydrogens is 248 g/mol. The zero-order valence-electron chi connectivity index (χ0n) is 12.8. The lowest BCUT2D eigenvalue weighted by atomic mass is 10.1. The van der Waals surface area contributed by atoms with E-state index in [1.54, 1.807) is 0 Å². The van der Waals surface area contributed by atoms with Gasteiger partial charge in [-0.25, -0.2) is 0 Å². The van der Waals surface area contributed by atoms with E-state index in [4.69, 9.17) is 0 Å². The minimum atomic E-state index is 0.290. The van der Waals surface area contributed by atoms with Crippen molar-refractivity contribution in [1.82, 2.24) is 9.80 Å². The van der Waals surface area contributed by atoms with Crippen LogP contribution in [0.2, 0.25) is 0 Å². The molecule has 0 unspecified atom stereocenters. The second-order valence-corrected chi connectivity index (χ2v) is 6.28. The van der Waals surface area contributed by atoms with Crippen molar-refractivity contribution in [2.24, 2.45) is 5.92 Å². The molecule has 3 heteroatoms. The van der Waals surface area contributed by atoms with Gasteiger partial charge in [0.1, 0.15) is 0 Å². The molecule has 1 fully saturated rings. The van der Waals surface area contributed by atoms with E-state index in [0.717, 1.165) is 39.1 Å². The summed E-state index contributed by atoms with van der Waals surface area (Å²) in [6.07, 6.45) is 0.887. The van der Waals surface area contributed by atoms with Gasteiger partial charge in [0.2, 0.25) is 0 Å². The van der Waals surface area contributed by atoms with E-state index in [-0.39, 0.29) is 0 Å². The van der Waals surface area contributed by atoms with Gasteiger partial charge in [0.05, 0.1) is 0 Å². The number of rotatable bonds is 6. The summed E-state index contributed by atoms with van der Waals surface area (Å²) in [6, 6.07) is 11.2. The SMILES string of the molecule is CC(C)CN1CCN(Cc2ccccc2)C[C@H]1CCO. The first-order chi connectivity index (χ1) is 9.69. The molecular formula is C17H28N2O. The molecule has 1 N–H and O–H groups in total. The van der Waals surface area contributed by atoms with E-state index < -0.39 is 0 Å². The average molecular weight is 276 g/mol. The highest BCUT2D eigenvalue weighted by Crippen LogP contribution is 2.17. The zero-order chi connectivity index (χ0) is 14.4. The number of aliphatic hydroxyl groups excluding tert-OH is 1. The van der Waals surface area contributed by atoms with Crippen molar-refractivity contribution in [3.63, 3.8) is 0 Å². The van der Waals surface area contributed by atoms with Crippen LogP contribution >= 0.6 is 0 Å². The molecule has 0 bridgehead atoms. The number of hydrogen-bond acceptors (Lipinski definition) is 3. The highest BCUT2D eigenvalue weighted by atomic mass is 16.3. The lowest BCUT2D eigenvalue weighted by Crippen LogP contribution is -2.53. The highest BCUT2D eigenvalue weighted by Gasteiger charge is 2.26. The second kappa shape index (κ2) is 7.77. The van der Waals surface area contributed by atoms with Crippen LogP contribution < -0.4 is 0 Å². The summed E-state index contributed by atoms with van der Waals surface area (Å²) >= 11 is 0. The average Bonchev–Trinajstić information content (AvgIpc) is 2.43. The maximum absolute atomic E-state index is 9.30. The van der Waals surface area contributed by atoms with Gasteiger partial charge in [0.15, 0.2) is 0 Å². The Labute approximate surface area is 123 Å². The summed E-state index contributed by atoms with van der Waals surface area (Å²) in [5.74, 6) is 0.692. The summed E-state index contributed by atoms with van der Waals surface area (Å²) in [5.41, 5.74) is 1.38. The van der Waals surface area contributed by atoms with Gasteiger partial charge in [-0.3, -0.25) is 9.80 Å². The van der Waals surface area contributed by atoms with Crippen molar-refractivity contribution in [3.8, 4) is 0 Å². The van der Waals surface area contributed by atoms with Crippen LogP contribution in [0, 0.1) is 5.92 Å². The number of hydrogen-bond donors (Lipinski definition) is 1. The van der Waals surface area contributed by atoms with Gasteiger partial charge in [-0.1, -0.05) is 44.2 Å². The van der Waals surface area contributed by atoms with Crippen molar-refractivity contribution in [3.05, 3.63) is 35.9 Å². The molecule has 1 aromatic rings. The molecule has 0 aliphatic carbocycles. The Balaban J connectivity index is 1.92. The third-order valence-electron chi connectivity index (χ3n) is 4.00. The molecule has 1 aliphatic heterocycles. The summed E-state index contributed by atoms with van der Waals surface area (Å²) < 4.78 is 0. The third-order valence-corrected chi connectivity index (χ3v) is 4.00. The van der Waals surface area contributed by atoms with E-state index in [2.05, 4.69) is 54.0 Å². The van der Waals surface area contributed by atoms with Crippen LogP contribution in [-0.4, -0.2) is 53.7 Å². The van der Waals surface area contributed by atoms with Gasteiger partial charge in [-0.2, -0.15) is 0 Å². The van der Waals surface area contributed by atoms with Crippen LogP contribution in [0.15, 0.2) is 30.3 Å². The Morgan fingerprint density at radius 2 is 1.95 bits per heavy atom. The highest BCUT2D eigenvalue weighted by molar-refractivity contribution is 5.14. The van der Waals surface area contributed by atoms with Crippen LogP contribution in [-0.2, 0) is 6.54 Å². The third kappa shape index (κ3) is 4.58. The lowest BCUT2D eigenvalue weighted by molar-refractivity contribution is 0.0477. The zero-order valence-corrected chi connectivity index (χ0v) is 12.8. The molecule has 0 spiro atoms. The molecule has 1 saturated heterocycles. The molecule has 1 atom stereocenters. The van der Waals surface area contributed by atoms with Gasteiger partial charge >= 0.3 is 0 Å². The van der Waals surface area contributed by atoms with Crippen LogP contribution in [0.1, 0.15) is 25.8 Å². The molecule has 112 valence electrons. The van der Waals surface area contributed by atoms with Crippen molar-refractivity contribution >= 4 is 0 Å². The molecule has 1 aliphatic rings. The van der Waals surface area contributed by atoms with Crippen LogP contribution in [0.4, 0.5) is 0 Å². The lowest BCUT2D eigenvalue weighted by Gasteiger charge is -2.42. The predicted octanol–water partition coefficient (Wildman–Crippen LogP) is 2.21. The van der Waals surface area contributed by atoms with Crippen molar-refractivity contribution < 1.29 is 5.11 Å². The van der Waals surface area contributed by atoms with Gasteiger partial charge in [0, 0.05) is 45.4 Å². The van der Waals surface area contributed by atoms with Gasteiger partial charge in [-0.15, -0.1) is 0 Å². The molecule has 2 rings (SSSR count). The second-order valence-electron chi connectivity index (χ2n) is 6.28. The van der Waals surface area contributed by atoms with Gasteiger partial charge in [0.25, 0.3) is 0 Å². The van der Waals surface area contributed by atoms with Crippen molar-refractivity contribution in [2.45, 2.75) is 32.9 Å². The molecule has 1 aromatic carbocycles. The minimum absolute atomic E-state index is 0.290. The fourth-order valence-corrected chi connectivity index (χ4v) is 3.07. The van der Waals surface area contributed by atoms with E-state index in [1.807, 2.05) is 0 Å². The molecule has 0 aromatic heterocycles. The van der Waals surface area contributed by atoms with Crippen LogP contribution in [0.3, 0.4) is 0 Å². The normalized spacial score (nSPS) is 21.5. The molecule has 1 heterocycles. The number of piperazine rings is 1. The fraction of sp³-hybridized carbons (Fsp3) is 0.647. The van der Waals surface area contributed by atoms with E-state index in [1.165, 1.54) is 5.56 Å². The quantitative estimate of drug-likeness (QED) is 0.863. The first-order valence-electron chi connectivity index (χ1n) is 7.80. The predicted molar refractivity (Wildman–Crippen MR) is 83.6 cm³/mol. The summed E-state index contributed by atoms with van der Waals surface area (Å²) in [7, 11) is 0. The van der Waals surface area contributed by atoms with Crippen LogP contribution in [0.25, 0.3) is 0 Å². The summed E-state index contributed by atoms with van der Waals surface area (Å²) in [6.45, 7) is 10.3. The first-order valence-corrected chi connectivity index (χ1v) is 7.80. The molecule has 0 amide bonds. The molecule has 0 radical (unpaired) electrons. The molecule has 0 saturated carbocycles. The number of nitrogens with zero attached hydrogens (tertiary/aromatic N) is 2. The van der Waals surface area contributed by atoms with Gasteiger partial charge < -0.3 is 5.11 Å². The Kier molecular flexibility index (Phi) is 6.02. The Bertz CT molecular complexity index is 380. The Morgan fingerprint density at radius 1 is 1.20 bits per heavy atom.